The lowest BCUT2D eigenvalue weighted by molar-refractivity contribution is -0.131. The lowest BCUT2D eigenvalue weighted by Gasteiger charge is -2.18. The molecule has 1 rings (SSSR count). The first kappa shape index (κ1) is 14.5. The van der Waals surface area contributed by atoms with Crippen LogP contribution < -0.4 is 11.1 Å². The van der Waals surface area contributed by atoms with Gasteiger partial charge in [0, 0.05) is 6.54 Å². The molecule has 1 aromatic heterocycles. The van der Waals surface area contributed by atoms with Crippen LogP contribution in [0.3, 0.4) is 0 Å². The smallest absolute Gasteiger partial charge is 0.368 e. The van der Waals surface area contributed by atoms with E-state index in [-0.39, 0.29) is 0 Å². The number of halogens is 3. The van der Waals surface area contributed by atoms with Crippen LogP contribution in [0.25, 0.3) is 0 Å². The van der Waals surface area contributed by atoms with Gasteiger partial charge in [0.15, 0.2) is 0 Å². The lowest BCUT2D eigenvalue weighted by atomic mass is 10.2. The highest BCUT2D eigenvalue weighted by molar-refractivity contribution is 5.80. The van der Waals surface area contributed by atoms with Gasteiger partial charge < -0.3 is 10.3 Å². The number of hydrogen-bond acceptors (Lipinski definition) is 3. The number of aromatic nitrogens is 2. The molecule has 1 unspecified atom stereocenters. The molecule has 1 amide bonds. The van der Waals surface area contributed by atoms with Gasteiger partial charge in [0.25, 0.3) is 0 Å². The standard InChI is InChI=1S/C10H15F3N4O/c1-2-3-17-6-15-4-7(17)8(9(14)18)16-5-10(11,12)13/h4,6,8,16H,2-3,5H2,1H3,(H2,14,18). The summed E-state index contributed by atoms with van der Waals surface area (Å²) < 4.78 is 38.0. The summed E-state index contributed by atoms with van der Waals surface area (Å²) in [5.41, 5.74) is 5.45. The topological polar surface area (TPSA) is 72.9 Å². The Hall–Kier alpha value is -1.57. The molecule has 3 N–H and O–H groups in total. The maximum Gasteiger partial charge on any atom is 0.401 e. The van der Waals surface area contributed by atoms with E-state index in [1.165, 1.54) is 12.5 Å². The third-order valence-electron chi connectivity index (χ3n) is 2.30. The molecule has 0 radical (unpaired) electrons. The predicted octanol–water partition coefficient (Wildman–Crippen LogP) is 0.971. The van der Waals surface area contributed by atoms with Crippen molar-refractivity contribution in [2.75, 3.05) is 6.54 Å². The molecule has 0 saturated heterocycles. The summed E-state index contributed by atoms with van der Waals surface area (Å²) in [6, 6.07) is -1.19. The van der Waals surface area contributed by atoms with Crippen LogP contribution >= 0.6 is 0 Å². The van der Waals surface area contributed by atoms with Crippen molar-refractivity contribution in [3.8, 4) is 0 Å². The van der Waals surface area contributed by atoms with E-state index < -0.39 is 24.7 Å². The average molecular weight is 264 g/mol. The van der Waals surface area contributed by atoms with Gasteiger partial charge in [-0.05, 0) is 6.42 Å². The number of nitrogens with one attached hydrogen (secondary N) is 1. The number of carbonyl (C=O) groups is 1. The third kappa shape index (κ3) is 4.02. The first-order chi connectivity index (χ1) is 8.35. The quantitative estimate of drug-likeness (QED) is 0.804. The monoisotopic (exact) mass is 264 g/mol. The maximum absolute atomic E-state index is 12.1. The van der Waals surface area contributed by atoms with Gasteiger partial charge in [0.2, 0.25) is 5.91 Å². The molecule has 0 fully saturated rings. The van der Waals surface area contributed by atoms with Crippen molar-refractivity contribution in [3.05, 3.63) is 18.2 Å². The van der Waals surface area contributed by atoms with Crippen molar-refractivity contribution < 1.29 is 18.0 Å². The van der Waals surface area contributed by atoms with E-state index in [0.29, 0.717) is 12.2 Å². The molecule has 1 aromatic rings. The fraction of sp³-hybridized carbons (Fsp3) is 0.600. The first-order valence-corrected chi connectivity index (χ1v) is 5.44. The van der Waals surface area contributed by atoms with Crippen molar-refractivity contribution in [3.63, 3.8) is 0 Å². The van der Waals surface area contributed by atoms with Crippen molar-refractivity contribution in [2.45, 2.75) is 32.1 Å². The van der Waals surface area contributed by atoms with Crippen LogP contribution in [0.4, 0.5) is 13.2 Å². The van der Waals surface area contributed by atoms with Crippen molar-refractivity contribution in [1.82, 2.24) is 14.9 Å². The van der Waals surface area contributed by atoms with E-state index in [1.807, 2.05) is 6.92 Å². The van der Waals surface area contributed by atoms with Gasteiger partial charge in [0.1, 0.15) is 6.04 Å². The van der Waals surface area contributed by atoms with Crippen LogP contribution in [-0.4, -0.2) is 28.2 Å². The van der Waals surface area contributed by atoms with E-state index in [4.69, 9.17) is 5.73 Å². The van der Waals surface area contributed by atoms with Crippen LogP contribution in [0.5, 0.6) is 0 Å². The van der Waals surface area contributed by atoms with Gasteiger partial charge in [-0.2, -0.15) is 13.2 Å². The number of alkyl halides is 3. The summed E-state index contributed by atoms with van der Waals surface area (Å²) in [6.07, 6.45) is -0.823. The molecule has 1 atom stereocenters. The van der Waals surface area contributed by atoms with Gasteiger partial charge in [-0.25, -0.2) is 4.98 Å². The second kappa shape index (κ2) is 5.85. The largest absolute Gasteiger partial charge is 0.401 e. The van der Waals surface area contributed by atoms with Crippen LogP contribution in [0.15, 0.2) is 12.5 Å². The zero-order valence-electron chi connectivity index (χ0n) is 9.87. The number of imidazole rings is 1. The number of rotatable bonds is 6. The summed E-state index contributed by atoms with van der Waals surface area (Å²) >= 11 is 0. The maximum atomic E-state index is 12.1. The summed E-state index contributed by atoms with van der Waals surface area (Å²) in [7, 11) is 0. The number of hydrogen-bond donors (Lipinski definition) is 2. The number of nitrogens with zero attached hydrogens (tertiary/aromatic N) is 2. The molecule has 0 bridgehead atoms. The minimum absolute atomic E-state index is 0.341. The molecule has 1 heterocycles. The number of aryl methyl sites for hydroxylation is 1. The van der Waals surface area contributed by atoms with Gasteiger partial charge in [0.05, 0.1) is 24.8 Å². The fourth-order valence-corrected chi connectivity index (χ4v) is 1.57. The summed E-state index contributed by atoms with van der Waals surface area (Å²) in [5.74, 6) is -0.864. The number of amides is 1. The van der Waals surface area contributed by atoms with Crippen LogP contribution in [-0.2, 0) is 11.3 Å². The molecule has 8 heteroatoms. The summed E-state index contributed by atoms with van der Waals surface area (Å²) in [4.78, 5) is 15.0. The average Bonchev–Trinajstić information content (AvgIpc) is 2.65. The zero-order valence-corrected chi connectivity index (χ0v) is 9.87. The number of carbonyl (C=O) groups excluding carboxylic acids is 1. The van der Waals surface area contributed by atoms with Gasteiger partial charge >= 0.3 is 6.18 Å². The zero-order chi connectivity index (χ0) is 13.8. The second-order valence-electron chi connectivity index (χ2n) is 3.84. The Morgan fingerprint density at radius 2 is 2.28 bits per heavy atom. The van der Waals surface area contributed by atoms with Crippen molar-refractivity contribution in [2.24, 2.45) is 5.73 Å². The van der Waals surface area contributed by atoms with E-state index in [9.17, 15) is 18.0 Å². The Morgan fingerprint density at radius 1 is 1.61 bits per heavy atom. The lowest BCUT2D eigenvalue weighted by Crippen LogP contribution is -2.40. The molecule has 0 aromatic carbocycles. The number of nitrogens with two attached hydrogens (primary N) is 1. The molecule has 0 aliphatic rings. The van der Waals surface area contributed by atoms with E-state index in [1.54, 1.807) is 4.57 Å². The highest BCUT2D eigenvalue weighted by atomic mass is 19.4. The van der Waals surface area contributed by atoms with Gasteiger partial charge in [-0.3, -0.25) is 10.1 Å². The Labute approximate surface area is 102 Å². The highest BCUT2D eigenvalue weighted by Gasteiger charge is 2.31. The predicted molar refractivity (Wildman–Crippen MR) is 58.5 cm³/mol. The van der Waals surface area contributed by atoms with Gasteiger partial charge in [-0.15, -0.1) is 0 Å². The normalized spacial score (nSPS) is 13.6. The summed E-state index contributed by atoms with van der Waals surface area (Å²) in [6.45, 7) is 1.19. The third-order valence-corrected chi connectivity index (χ3v) is 2.30. The molecular weight excluding hydrogens is 249 g/mol. The number of primary amides is 1. The van der Waals surface area contributed by atoms with Crippen molar-refractivity contribution in [1.29, 1.82) is 0 Å². The van der Waals surface area contributed by atoms with Crippen LogP contribution in [0.1, 0.15) is 25.1 Å². The molecule has 102 valence electrons. The van der Waals surface area contributed by atoms with Crippen molar-refractivity contribution >= 4 is 5.91 Å². The summed E-state index contributed by atoms with van der Waals surface area (Å²) in [5, 5.41) is 2.10. The Bertz CT molecular complexity index is 402. The minimum Gasteiger partial charge on any atom is -0.368 e. The Balaban J connectivity index is 2.84. The van der Waals surface area contributed by atoms with Gasteiger partial charge in [-0.1, -0.05) is 6.92 Å². The highest BCUT2D eigenvalue weighted by Crippen LogP contribution is 2.17. The van der Waals surface area contributed by atoms with Crippen LogP contribution in [0.2, 0.25) is 0 Å². The molecule has 5 nitrogen and oxygen atoms in total. The molecule has 0 spiro atoms. The molecule has 0 saturated carbocycles. The molecule has 0 aliphatic carbocycles. The molecule has 0 aliphatic heterocycles. The first-order valence-electron chi connectivity index (χ1n) is 5.44. The Kier molecular flexibility index (Phi) is 4.71. The molecular formula is C10H15F3N4O. The minimum atomic E-state index is -4.40. The van der Waals surface area contributed by atoms with E-state index in [0.717, 1.165) is 6.42 Å². The fourth-order valence-electron chi connectivity index (χ4n) is 1.57. The molecule has 18 heavy (non-hydrogen) atoms. The van der Waals surface area contributed by atoms with E-state index in [2.05, 4.69) is 10.3 Å². The SMILES string of the molecule is CCCn1cncc1C(NCC(F)(F)F)C(N)=O. The van der Waals surface area contributed by atoms with E-state index >= 15 is 0 Å². The second-order valence-corrected chi connectivity index (χ2v) is 3.84. The van der Waals surface area contributed by atoms with Crippen LogP contribution in [0, 0.1) is 0 Å². The Morgan fingerprint density at radius 3 is 2.78 bits per heavy atom.